The Balaban J connectivity index is 1.59. The number of amides is 1. The smallest absolute Gasteiger partial charge is 0.251 e. The Morgan fingerprint density at radius 3 is 2.36 bits per heavy atom. The van der Waals surface area contributed by atoms with Gasteiger partial charge in [0.05, 0.1) is 6.54 Å². The molecule has 5 heteroatoms. The monoisotopic (exact) mass is 376 g/mol. The second-order valence-electron chi connectivity index (χ2n) is 6.81. The van der Waals surface area contributed by atoms with E-state index in [1.807, 2.05) is 47.3 Å². The van der Waals surface area contributed by atoms with Gasteiger partial charge in [-0.2, -0.15) is 5.10 Å². The van der Waals surface area contributed by atoms with Crippen molar-refractivity contribution in [2.75, 3.05) is 13.1 Å². The number of aromatic nitrogens is 2. The maximum absolute atomic E-state index is 12.6. The molecule has 1 N–H and O–H groups in total. The number of carbonyl (C=O) groups is 1. The van der Waals surface area contributed by atoms with Gasteiger partial charge in [0.1, 0.15) is 0 Å². The summed E-state index contributed by atoms with van der Waals surface area (Å²) in [6.45, 7) is 8.51. The third-order valence-corrected chi connectivity index (χ3v) is 4.97. The van der Waals surface area contributed by atoms with Gasteiger partial charge in [-0.3, -0.25) is 14.4 Å². The van der Waals surface area contributed by atoms with Crippen LogP contribution in [0.1, 0.15) is 40.9 Å². The zero-order valence-corrected chi connectivity index (χ0v) is 16.6. The van der Waals surface area contributed by atoms with Gasteiger partial charge < -0.3 is 5.32 Å². The average molecular weight is 377 g/mol. The summed E-state index contributed by atoms with van der Waals surface area (Å²) in [5.74, 6) is -0.0525. The highest BCUT2D eigenvalue weighted by atomic mass is 16.1. The van der Waals surface area contributed by atoms with E-state index in [0.717, 1.165) is 30.8 Å². The zero-order valence-electron chi connectivity index (χ0n) is 16.6. The first kappa shape index (κ1) is 19.8. The summed E-state index contributed by atoms with van der Waals surface area (Å²) in [5, 5.41) is 7.26. The van der Waals surface area contributed by atoms with Crippen LogP contribution in [0.15, 0.2) is 67.0 Å². The lowest BCUT2D eigenvalue weighted by Gasteiger charge is -2.20. The molecule has 146 valence electrons. The van der Waals surface area contributed by atoms with Crippen molar-refractivity contribution in [2.24, 2.45) is 0 Å². The molecule has 3 rings (SSSR count). The lowest BCUT2D eigenvalue weighted by Crippen LogP contribution is -2.26. The van der Waals surface area contributed by atoms with E-state index in [4.69, 9.17) is 0 Å². The van der Waals surface area contributed by atoms with Crippen LogP contribution in [-0.4, -0.2) is 33.7 Å². The van der Waals surface area contributed by atoms with Crippen LogP contribution in [0.25, 0.3) is 0 Å². The normalized spacial score (nSPS) is 11.0. The highest BCUT2D eigenvalue weighted by Crippen LogP contribution is 2.12. The summed E-state index contributed by atoms with van der Waals surface area (Å²) >= 11 is 0. The molecule has 5 nitrogen and oxygen atoms in total. The van der Waals surface area contributed by atoms with Gasteiger partial charge >= 0.3 is 0 Å². The van der Waals surface area contributed by atoms with Crippen LogP contribution in [0.4, 0.5) is 0 Å². The highest BCUT2D eigenvalue weighted by molar-refractivity contribution is 5.94. The second kappa shape index (κ2) is 9.85. The highest BCUT2D eigenvalue weighted by Gasteiger charge is 2.09. The Bertz CT molecular complexity index is 868. The number of hydrogen-bond acceptors (Lipinski definition) is 3. The fraction of sp³-hybridized carbons (Fsp3) is 0.304. The van der Waals surface area contributed by atoms with E-state index in [1.165, 1.54) is 5.56 Å². The predicted octanol–water partition coefficient (Wildman–Crippen LogP) is 3.70. The van der Waals surface area contributed by atoms with Crippen molar-refractivity contribution in [3.63, 3.8) is 0 Å². The molecule has 0 bridgehead atoms. The number of rotatable bonds is 9. The zero-order chi connectivity index (χ0) is 19.8. The van der Waals surface area contributed by atoms with Gasteiger partial charge in [-0.1, -0.05) is 50.2 Å². The molecule has 0 radical (unpaired) electrons. The van der Waals surface area contributed by atoms with E-state index < -0.39 is 0 Å². The molecule has 0 unspecified atom stereocenters. The maximum atomic E-state index is 12.6. The standard InChI is InChI=1S/C23H28N4O/c1-3-26(4-2)18-22-9-6-5-8-21(22)16-24-23(28)20-12-10-19(11-13-20)17-27-15-7-14-25-27/h5-15H,3-4,16-18H2,1-2H3,(H,24,28). The summed E-state index contributed by atoms with van der Waals surface area (Å²) in [6.07, 6.45) is 3.69. The number of nitrogens with one attached hydrogen (secondary N) is 1. The van der Waals surface area contributed by atoms with Gasteiger partial charge in [0.2, 0.25) is 0 Å². The molecular formula is C23H28N4O. The quantitative estimate of drug-likeness (QED) is 0.619. The van der Waals surface area contributed by atoms with Gasteiger partial charge in [0.25, 0.3) is 5.91 Å². The minimum Gasteiger partial charge on any atom is -0.348 e. The van der Waals surface area contributed by atoms with Crippen molar-refractivity contribution >= 4 is 5.91 Å². The van der Waals surface area contributed by atoms with Crippen LogP contribution in [0.3, 0.4) is 0 Å². The molecule has 3 aromatic rings. The van der Waals surface area contributed by atoms with E-state index in [2.05, 4.69) is 47.4 Å². The molecule has 28 heavy (non-hydrogen) atoms. The van der Waals surface area contributed by atoms with E-state index in [-0.39, 0.29) is 5.91 Å². The second-order valence-corrected chi connectivity index (χ2v) is 6.81. The molecule has 1 heterocycles. The van der Waals surface area contributed by atoms with Crippen molar-refractivity contribution in [3.8, 4) is 0 Å². The van der Waals surface area contributed by atoms with Crippen molar-refractivity contribution in [1.29, 1.82) is 0 Å². The van der Waals surface area contributed by atoms with Gasteiger partial charge in [-0.05, 0) is 48.0 Å². The van der Waals surface area contributed by atoms with E-state index >= 15 is 0 Å². The molecule has 0 spiro atoms. The summed E-state index contributed by atoms with van der Waals surface area (Å²) < 4.78 is 1.86. The van der Waals surface area contributed by atoms with Crippen LogP contribution in [0.2, 0.25) is 0 Å². The number of benzene rings is 2. The van der Waals surface area contributed by atoms with E-state index in [1.54, 1.807) is 6.20 Å². The predicted molar refractivity (Wildman–Crippen MR) is 112 cm³/mol. The molecule has 0 atom stereocenters. The number of carbonyl (C=O) groups excluding carboxylic acids is 1. The fourth-order valence-electron chi connectivity index (χ4n) is 3.19. The summed E-state index contributed by atoms with van der Waals surface area (Å²) in [4.78, 5) is 14.9. The van der Waals surface area contributed by atoms with Gasteiger partial charge in [-0.25, -0.2) is 0 Å². The summed E-state index contributed by atoms with van der Waals surface area (Å²) in [6, 6.07) is 17.9. The number of hydrogen-bond donors (Lipinski definition) is 1. The Morgan fingerprint density at radius 1 is 1.00 bits per heavy atom. The Hall–Kier alpha value is -2.92. The van der Waals surface area contributed by atoms with Crippen LogP contribution < -0.4 is 5.32 Å². The fourth-order valence-corrected chi connectivity index (χ4v) is 3.19. The third kappa shape index (κ3) is 5.30. The average Bonchev–Trinajstić information content (AvgIpc) is 3.24. The van der Waals surface area contributed by atoms with Gasteiger partial charge in [0, 0.05) is 31.0 Å². The topological polar surface area (TPSA) is 50.2 Å². The van der Waals surface area contributed by atoms with E-state index in [0.29, 0.717) is 18.7 Å². The maximum Gasteiger partial charge on any atom is 0.251 e. The molecule has 1 amide bonds. The molecule has 0 fully saturated rings. The summed E-state index contributed by atoms with van der Waals surface area (Å²) in [7, 11) is 0. The first-order valence-corrected chi connectivity index (χ1v) is 9.83. The minimum atomic E-state index is -0.0525. The van der Waals surface area contributed by atoms with Crippen molar-refractivity contribution < 1.29 is 4.79 Å². The van der Waals surface area contributed by atoms with Gasteiger partial charge in [0.15, 0.2) is 0 Å². The lowest BCUT2D eigenvalue weighted by atomic mass is 10.1. The van der Waals surface area contributed by atoms with Crippen LogP contribution >= 0.6 is 0 Å². The SMILES string of the molecule is CCN(CC)Cc1ccccc1CNC(=O)c1ccc(Cn2cccn2)cc1. The molecule has 0 aliphatic carbocycles. The molecule has 1 aromatic heterocycles. The third-order valence-electron chi connectivity index (χ3n) is 4.97. The Kier molecular flexibility index (Phi) is 6.98. The van der Waals surface area contributed by atoms with E-state index in [9.17, 15) is 4.79 Å². The van der Waals surface area contributed by atoms with Crippen LogP contribution in [-0.2, 0) is 19.6 Å². The lowest BCUT2D eigenvalue weighted by molar-refractivity contribution is 0.0950. The molecule has 2 aromatic carbocycles. The first-order chi connectivity index (χ1) is 13.7. The van der Waals surface area contributed by atoms with Crippen molar-refractivity contribution in [2.45, 2.75) is 33.5 Å². The van der Waals surface area contributed by atoms with Crippen molar-refractivity contribution in [1.82, 2.24) is 20.0 Å². The number of nitrogens with zero attached hydrogens (tertiary/aromatic N) is 3. The van der Waals surface area contributed by atoms with Crippen LogP contribution in [0, 0.1) is 0 Å². The first-order valence-electron chi connectivity index (χ1n) is 9.83. The van der Waals surface area contributed by atoms with Crippen LogP contribution in [0.5, 0.6) is 0 Å². The molecule has 0 aliphatic rings. The minimum absolute atomic E-state index is 0.0525. The summed E-state index contributed by atoms with van der Waals surface area (Å²) in [5.41, 5.74) is 4.22. The molecule has 0 aliphatic heterocycles. The largest absolute Gasteiger partial charge is 0.348 e. The Morgan fingerprint density at radius 2 is 1.71 bits per heavy atom. The van der Waals surface area contributed by atoms with Crippen molar-refractivity contribution in [3.05, 3.63) is 89.2 Å². The molecule has 0 saturated carbocycles. The molecule has 0 saturated heterocycles. The van der Waals surface area contributed by atoms with Gasteiger partial charge in [-0.15, -0.1) is 0 Å². The molecular weight excluding hydrogens is 348 g/mol. The Labute approximate surface area is 167 Å².